The lowest BCUT2D eigenvalue weighted by Crippen LogP contribution is -2.59. The van der Waals surface area contributed by atoms with E-state index < -0.39 is 41.6 Å². The van der Waals surface area contributed by atoms with Gasteiger partial charge in [-0.2, -0.15) is 0 Å². The number of carbonyl (C=O) groups excluding carboxylic acids is 3. The molecule has 3 aliphatic rings. The summed E-state index contributed by atoms with van der Waals surface area (Å²) in [7, 11) is 0. The number of anilines is 1. The molecule has 2 bridgehead atoms. The monoisotopic (exact) mass is 572 g/mol. The maximum atomic E-state index is 14.6. The van der Waals surface area contributed by atoms with Crippen molar-refractivity contribution >= 4 is 35.1 Å². The average molecular weight is 573 g/mol. The van der Waals surface area contributed by atoms with E-state index in [1.54, 1.807) is 30.3 Å². The molecule has 1 N–H and O–H groups in total. The van der Waals surface area contributed by atoms with Gasteiger partial charge >= 0.3 is 5.97 Å². The molecule has 9 heteroatoms. The second-order valence-electron chi connectivity index (χ2n) is 11.4. The number of amides is 2. The second kappa shape index (κ2) is 12.9. The summed E-state index contributed by atoms with van der Waals surface area (Å²) in [6.45, 7) is 11.6. The number of hydrogen-bond donors (Lipinski definition) is 1. The molecule has 8 nitrogen and oxygen atoms in total. The van der Waals surface area contributed by atoms with Crippen LogP contribution in [0.3, 0.4) is 0 Å². The van der Waals surface area contributed by atoms with Gasteiger partial charge in [0.1, 0.15) is 11.6 Å². The Morgan fingerprint density at radius 1 is 1.27 bits per heavy atom. The summed E-state index contributed by atoms with van der Waals surface area (Å²) >= 11 is 6.52. The highest BCUT2D eigenvalue weighted by Gasteiger charge is 2.75. The Hall–Kier alpha value is -2.68. The fourth-order valence-electron chi connectivity index (χ4n) is 6.77. The zero-order chi connectivity index (χ0) is 29.0. The number of likely N-dealkylation sites (tertiary alicyclic amines) is 1. The van der Waals surface area contributed by atoms with Crippen molar-refractivity contribution in [3.05, 3.63) is 54.6 Å². The summed E-state index contributed by atoms with van der Waals surface area (Å²) in [6, 6.07) is 5.37. The maximum Gasteiger partial charge on any atom is 0.312 e. The number of allylic oxidation sites excluding steroid dienone is 1. The number of hydrogen-bond acceptors (Lipinski definition) is 6. The van der Waals surface area contributed by atoms with Crippen LogP contribution in [0.4, 0.5) is 5.69 Å². The molecule has 0 radical (unpaired) electrons. The van der Waals surface area contributed by atoms with Crippen LogP contribution in [0.2, 0.25) is 5.02 Å². The normalized spacial score (nSPS) is 27.5. The molecule has 218 valence electrons. The number of ether oxygens (including phenoxy) is 2. The van der Waals surface area contributed by atoms with Crippen LogP contribution in [0.5, 0.6) is 0 Å². The van der Waals surface area contributed by atoms with Crippen LogP contribution in [-0.2, 0) is 23.9 Å². The fraction of sp³-hybridized carbons (Fsp3) is 0.581. The van der Waals surface area contributed by atoms with Gasteiger partial charge in [0.15, 0.2) is 0 Å². The summed E-state index contributed by atoms with van der Waals surface area (Å²) in [6.07, 6.45) is 6.80. The van der Waals surface area contributed by atoms with Gasteiger partial charge in [-0.25, -0.2) is 0 Å². The molecular weight excluding hydrogens is 532 g/mol. The van der Waals surface area contributed by atoms with Gasteiger partial charge in [0, 0.05) is 6.54 Å². The molecule has 0 aliphatic carbocycles. The standard InChI is InChI=1S/C31H41ClN2O6/c1-5-7-8-11-17-39-30(38)25-24-14-15-31(40-24)26(25)28(36)34(21(19-35)18-20(3)4)27(31)29(37)33(16-6-2)23-13-10-9-12-22(23)32/h5-6,9-10,12-13,20-21,24-27,35H,1-2,7-8,11,14-19H2,3-4H3/t21-,24-,25+,26+,27?,31?/m1/s1. The van der Waals surface area contributed by atoms with Crippen molar-refractivity contribution in [2.24, 2.45) is 17.8 Å². The van der Waals surface area contributed by atoms with E-state index in [2.05, 4.69) is 13.2 Å². The first-order chi connectivity index (χ1) is 19.2. The molecule has 2 amide bonds. The Bertz CT molecular complexity index is 1120. The lowest BCUT2D eigenvalue weighted by atomic mass is 9.70. The molecule has 1 aromatic carbocycles. The first-order valence-electron chi connectivity index (χ1n) is 14.3. The third kappa shape index (κ3) is 5.46. The lowest BCUT2D eigenvalue weighted by Gasteiger charge is -2.39. The molecule has 0 saturated carbocycles. The molecule has 3 aliphatic heterocycles. The van der Waals surface area contributed by atoms with Gasteiger partial charge in [0.2, 0.25) is 5.91 Å². The van der Waals surface area contributed by atoms with Crippen molar-refractivity contribution in [2.75, 3.05) is 24.7 Å². The Labute approximate surface area is 241 Å². The highest BCUT2D eigenvalue weighted by atomic mass is 35.5. The summed E-state index contributed by atoms with van der Waals surface area (Å²) < 4.78 is 12.2. The van der Waals surface area contributed by atoms with Gasteiger partial charge in [0.05, 0.1) is 47.9 Å². The molecule has 40 heavy (non-hydrogen) atoms. The first kappa shape index (κ1) is 30.3. The molecule has 3 saturated heterocycles. The Kier molecular flexibility index (Phi) is 9.75. The van der Waals surface area contributed by atoms with Crippen LogP contribution in [0, 0.1) is 17.8 Å². The summed E-state index contributed by atoms with van der Waals surface area (Å²) in [5.41, 5.74) is -0.704. The number of benzene rings is 1. The van der Waals surface area contributed by atoms with E-state index in [1.807, 2.05) is 19.9 Å². The Balaban J connectivity index is 1.73. The second-order valence-corrected chi connectivity index (χ2v) is 11.8. The topological polar surface area (TPSA) is 96.4 Å². The van der Waals surface area contributed by atoms with Gasteiger partial charge in [0.25, 0.3) is 5.91 Å². The number of halogens is 1. The number of unbranched alkanes of at least 4 members (excludes halogenated alkanes) is 2. The fourth-order valence-corrected chi connectivity index (χ4v) is 7.00. The van der Waals surface area contributed by atoms with E-state index in [9.17, 15) is 19.5 Å². The first-order valence-corrected chi connectivity index (χ1v) is 14.6. The zero-order valence-corrected chi connectivity index (χ0v) is 24.2. The molecule has 0 aromatic heterocycles. The van der Waals surface area contributed by atoms with Crippen molar-refractivity contribution < 1.29 is 29.0 Å². The number of para-hydroxylation sites is 1. The highest BCUT2D eigenvalue weighted by molar-refractivity contribution is 6.34. The minimum atomic E-state index is -1.20. The van der Waals surface area contributed by atoms with Gasteiger partial charge in [-0.15, -0.1) is 13.2 Å². The lowest BCUT2D eigenvalue weighted by molar-refractivity contribution is -0.156. The molecule has 3 fully saturated rings. The Morgan fingerprint density at radius 3 is 2.67 bits per heavy atom. The zero-order valence-electron chi connectivity index (χ0n) is 23.5. The van der Waals surface area contributed by atoms with E-state index in [1.165, 1.54) is 9.80 Å². The average Bonchev–Trinajstić information content (AvgIpc) is 3.57. The summed E-state index contributed by atoms with van der Waals surface area (Å²) in [4.78, 5) is 45.3. The Morgan fingerprint density at radius 2 is 2.02 bits per heavy atom. The minimum absolute atomic E-state index is 0.153. The summed E-state index contributed by atoms with van der Waals surface area (Å²) in [5.74, 6) is -2.68. The molecule has 3 heterocycles. The largest absolute Gasteiger partial charge is 0.465 e. The van der Waals surface area contributed by atoms with E-state index in [-0.39, 0.29) is 37.5 Å². The van der Waals surface area contributed by atoms with Gasteiger partial charge in [-0.05, 0) is 56.6 Å². The van der Waals surface area contributed by atoms with Crippen molar-refractivity contribution in [1.82, 2.24) is 4.90 Å². The van der Waals surface area contributed by atoms with E-state index >= 15 is 0 Å². The van der Waals surface area contributed by atoms with Crippen molar-refractivity contribution in [2.45, 2.75) is 76.2 Å². The smallest absolute Gasteiger partial charge is 0.312 e. The summed E-state index contributed by atoms with van der Waals surface area (Å²) in [5, 5.41) is 10.8. The van der Waals surface area contributed by atoms with Crippen LogP contribution < -0.4 is 4.90 Å². The van der Waals surface area contributed by atoms with Crippen molar-refractivity contribution in [1.29, 1.82) is 0 Å². The van der Waals surface area contributed by atoms with Crippen LogP contribution in [0.1, 0.15) is 52.4 Å². The van der Waals surface area contributed by atoms with Crippen LogP contribution in [-0.4, -0.2) is 71.3 Å². The predicted molar refractivity (Wildman–Crippen MR) is 154 cm³/mol. The molecule has 6 atom stereocenters. The molecule has 2 unspecified atom stereocenters. The number of rotatable bonds is 14. The maximum absolute atomic E-state index is 14.6. The van der Waals surface area contributed by atoms with Gasteiger partial charge < -0.3 is 24.4 Å². The SMILES string of the molecule is C=CCCCCOC(=O)[C@@H]1[C@H]2C(=O)N([C@@H](CO)CC(C)C)C(C(=O)N(CC=C)c3ccccc3Cl)C23CC[C@H]1O3. The molecule has 1 aromatic rings. The number of aliphatic hydroxyl groups is 1. The molecule has 4 rings (SSSR count). The number of aliphatic hydroxyl groups excluding tert-OH is 1. The predicted octanol–water partition coefficient (Wildman–Crippen LogP) is 4.54. The van der Waals surface area contributed by atoms with Crippen LogP contribution in [0.25, 0.3) is 0 Å². The van der Waals surface area contributed by atoms with Crippen LogP contribution in [0.15, 0.2) is 49.6 Å². The third-order valence-corrected chi connectivity index (χ3v) is 8.68. The van der Waals surface area contributed by atoms with E-state index in [4.69, 9.17) is 21.1 Å². The number of esters is 1. The van der Waals surface area contributed by atoms with Crippen molar-refractivity contribution in [3.8, 4) is 0 Å². The van der Waals surface area contributed by atoms with Crippen LogP contribution >= 0.6 is 11.6 Å². The van der Waals surface area contributed by atoms with E-state index in [0.29, 0.717) is 36.4 Å². The quantitative estimate of drug-likeness (QED) is 0.200. The third-order valence-electron chi connectivity index (χ3n) is 8.36. The number of nitrogens with zero attached hydrogens (tertiary/aromatic N) is 2. The number of carbonyl (C=O) groups is 3. The molecular formula is C31H41ClN2O6. The minimum Gasteiger partial charge on any atom is -0.465 e. The number of fused-ring (bicyclic) bond motifs is 1. The van der Waals surface area contributed by atoms with E-state index in [0.717, 1.165) is 12.8 Å². The molecule has 1 spiro atoms. The highest BCUT2D eigenvalue weighted by Crippen LogP contribution is 2.59. The van der Waals surface area contributed by atoms with Gasteiger partial charge in [-0.3, -0.25) is 14.4 Å². The van der Waals surface area contributed by atoms with Crippen molar-refractivity contribution in [3.63, 3.8) is 0 Å². The van der Waals surface area contributed by atoms with Gasteiger partial charge in [-0.1, -0.05) is 49.7 Å².